The lowest BCUT2D eigenvalue weighted by atomic mass is 10.0. The minimum Gasteiger partial charge on any atom is -0.494 e. The fourth-order valence-electron chi connectivity index (χ4n) is 2.91. The van der Waals surface area contributed by atoms with Crippen LogP contribution in [-0.2, 0) is 21.4 Å². The summed E-state index contributed by atoms with van der Waals surface area (Å²) in [7, 11) is -3.62. The molecule has 0 aliphatic carbocycles. The molecule has 0 bridgehead atoms. The van der Waals surface area contributed by atoms with Crippen molar-refractivity contribution in [2.75, 3.05) is 23.7 Å². The van der Waals surface area contributed by atoms with Crippen molar-refractivity contribution in [2.45, 2.75) is 33.2 Å². The average molecular weight is 405 g/mol. The molecule has 0 fully saturated rings. The zero-order valence-electron chi connectivity index (χ0n) is 16.8. The molecule has 0 saturated carbocycles. The molecule has 0 aromatic heterocycles. The minimum atomic E-state index is -3.62. The van der Waals surface area contributed by atoms with Gasteiger partial charge in [-0.2, -0.15) is 0 Å². The third-order valence-electron chi connectivity index (χ3n) is 4.26. The lowest BCUT2D eigenvalue weighted by Crippen LogP contribution is -2.40. The van der Waals surface area contributed by atoms with Gasteiger partial charge in [-0.3, -0.25) is 9.10 Å². The topological polar surface area (TPSA) is 75.7 Å². The normalized spacial score (nSPS) is 11.3. The Morgan fingerprint density at radius 1 is 1.11 bits per heavy atom. The van der Waals surface area contributed by atoms with E-state index in [1.807, 2.05) is 57.2 Å². The van der Waals surface area contributed by atoms with Gasteiger partial charge in [0.25, 0.3) is 0 Å². The first-order chi connectivity index (χ1) is 13.2. The number of rotatable bonds is 9. The maximum Gasteiger partial charge on any atom is 0.241 e. The molecular weight excluding hydrogens is 376 g/mol. The third-order valence-corrected chi connectivity index (χ3v) is 5.39. The van der Waals surface area contributed by atoms with Crippen LogP contribution in [0.1, 0.15) is 37.8 Å². The van der Waals surface area contributed by atoms with E-state index in [9.17, 15) is 13.2 Å². The molecule has 152 valence electrons. The Hall–Kier alpha value is -2.54. The van der Waals surface area contributed by atoms with Crippen LogP contribution in [0.5, 0.6) is 5.75 Å². The van der Waals surface area contributed by atoms with Crippen LogP contribution in [0.2, 0.25) is 0 Å². The zero-order valence-corrected chi connectivity index (χ0v) is 17.6. The number of anilines is 1. The van der Waals surface area contributed by atoms with Crippen LogP contribution in [-0.4, -0.2) is 33.7 Å². The van der Waals surface area contributed by atoms with E-state index in [1.165, 1.54) is 0 Å². The third kappa shape index (κ3) is 5.73. The Morgan fingerprint density at radius 2 is 1.75 bits per heavy atom. The zero-order chi connectivity index (χ0) is 20.7. The van der Waals surface area contributed by atoms with Crippen LogP contribution >= 0.6 is 0 Å². The van der Waals surface area contributed by atoms with E-state index in [0.29, 0.717) is 18.0 Å². The number of benzene rings is 2. The van der Waals surface area contributed by atoms with Crippen LogP contribution in [0.3, 0.4) is 0 Å². The van der Waals surface area contributed by atoms with Gasteiger partial charge in [0.05, 0.1) is 18.6 Å². The summed E-state index contributed by atoms with van der Waals surface area (Å²) in [5.41, 5.74) is 2.25. The van der Waals surface area contributed by atoms with Crippen LogP contribution < -0.4 is 14.4 Å². The Labute approximate surface area is 167 Å². The number of nitrogens with one attached hydrogen (secondary N) is 1. The lowest BCUT2D eigenvalue weighted by molar-refractivity contribution is -0.119. The summed E-state index contributed by atoms with van der Waals surface area (Å²) in [5.74, 6) is 0.451. The first kappa shape index (κ1) is 21.8. The van der Waals surface area contributed by atoms with Crippen molar-refractivity contribution in [3.8, 4) is 5.75 Å². The van der Waals surface area contributed by atoms with Crippen molar-refractivity contribution in [2.24, 2.45) is 0 Å². The number of ether oxygens (including phenoxy) is 1. The van der Waals surface area contributed by atoms with Gasteiger partial charge in [0.1, 0.15) is 12.3 Å². The van der Waals surface area contributed by atoms with Crippen molar-refractivity contribution >= 4 is 21.6 Å². The lowest BCUT2D eigenvalue weighted by Gasteiger charge is -2.25. The van der Waals surface area contributed by atoms with Gasteiger partial charge in [-0.25, -0.2) is 8.42 Å². The molecule has 2 aromatic carbocycles. The highest BCUT2D eigenvalue weighted by Crippen LogP contribution is 2.28. The van der Waals surface area contributed by atoms with Gasteiger partial charge >= 0.3 is 0 Å². The predicted molar refractivity (Wildman–Crippen MR) is 112 cm³/mol. The van der Waals surface area contributed by atoms with Gasteiger partial charge in [-0.1, -0.05) is 50.2 Å². The van der Waals surface area contributed by atoms with Crippen LogP contribution in [0, 0.1) is 0 Å². The smallest absolute Gasteiger partial charge is 0.241 e. The first-order valence-electron chi connectivity index (χ1n) is 9.28. The molecule has 1 amide bonds. The summed E-state index contributed by atoms with van der Waals surface area (Å²) in [6.07, 6.45) is 1.11. The highest BCUT2D eigenvalue weighted by Gasteiger charge is 2.24. The van der Waals surface area contributed by atoms with Gasteiger partial charge in [0.2, 0.25) is 15.9 Å². The molecule has 6 nitrogen and oxygen atoms in total. The number of para-hydroxylation sites is 2. The summed E-state index contributed by atoms with van der Waals surface area (Å²) in [6, 6.07) is 14.7. The molecule has 7 heteroatoms. The molecule has 28 heavy (non-hydrogen) atoms. The predicted octanol–water partition coefficient (Wildman–Crippen LogP) is 3.29. The molecule has 2 rings (SSSR count). The number of carbonyl (C=O) groups excluding carboxylic acids is 1. The van der Waals surface area contributed by atoms with E-state index in [-0.39, 0.29) is 24.9 Å². The average Bonchev–Trinajstić information content (AvgIpc) is 2.64. The Bertz CT molecular complexity index is 910. The second kappa shape index (κ2) is 9.59. The molecule has 2 aromatic rings. The van der Waals surface area contributed by atoms with E-state index in [0.717, 1.165) is 21.7 Å². The maximum atomic E-state index is 12.5. The number of sulfonamides is 1. The largest absolute Gasteiger partial charge is 0.494 e. The van der Waals surface area contributed by atoms with Gasteiger partial charge in [0.15, 0.2) is 0 Å². The summed E-state index contributed by atoms with van der Waals surface area (Å²) in [6.45, 7) is 6.39. The van der Waals surface area contributed by atoms with Crippen LogP contribution in [0.15, 0.2) is 48.5 Å². The van der Waals surface area contributed by atoms with Gasteiger partial charge in [-0.05, 0) is 30.5 Å². The molecule has 1 N–H and O–H groups in total. The van der Waals surface area contributed by atoms with E-state index in [4.69, 9.17) is 4.74 Å². The van der Waals surface area contributed by atoms with E-state index in [1.54, 1.807) is 12.1 Å². The molecule has 0 aliphatic rings. The molecule has 0 atom stereocenters. The van der Waals surface area contributed by atoms with Crippen molar-refractivity contribution < 1.29 is 17.9 Å². The maximum absolute atomic E-state index is 12.5. The quantitative estimate of drug-likeness (QED) is 0.696. The fourth-order valence-corrected chi connectivity index (χ4v) is 3.79. The second-order valence-electron chi connectivity index (χ2n) is 6.80. The first-order valence-corrected chi connectivity index (χ1v) is 11.1. The Balaban J connectivity index is 2.18. The molecule has 0 saturated heterocycles. The molecule has 0 heterocycles. The van der Waals surface area contributed by atoms with Crippen molar-refractivity contribution in [1.29, 1.82) is 0 Å². The number of carbonyl (C=O) groups is 1. The SMILES string of the molecule is CCOc1ccccc1CNC(=O)CN(c1ccccc1C(C)C)S(C)(=O)=O. The van der Waals surface area contributed by atoms with Crippen LogP contribution in [0.4, 0.5) is 5.69 Å². The second-order valence-corrected chi connectivity index (χ2v) is 8.71. The monoisotopic (exact) mass is 404 g/mol. The Morgan fingerprint density at radius 3 is 2.39 bits per heavy atom. The minimum absolute atomic E-state index is 0.126. The fraction of sp³-hybridized carbons (Fsp3) is 0.381. The van der Waals surface area contributed by atoms with Crippen molar-refractivity contribution in [1.82, 2.24) is 5.32 Å². The standard InChI is InChI=1S/C21H28N2O4S/c1-5-27-20-13-9-6-10-17(20)14-22-21(24)15-23(28(4,25)26)19-12-8-7-11-18(19)16(2)3/h6-13,16H,5,14-15H2,1-4H3,(H,22,24). The summed E-state index contributed by atoms with van der Waals surface area (Å²) >= 11 is 0. The van der Waals surface area contributed by atoms with Gasteiger partial charge < -0.3 is 10.1 Å². The van der Waals surface area contributed by atoms with E-state index < -0.39 is 10.0 Å². The number of hydrogen-bond acceptors (Lipinski definition) is 4. The number of hydrogen-bond donors (Lipinski definition) is 1. The molecular formula is C21H28N2O4S. The highest BCUT2D eigenvalue weighted by molar-refractivity contribution is 7.92. The van der Waals surface area contributed by atoms with Crippen LogP contribution in [0.25, 0.3) is 0 Å². The summed E-state index contributed by atoms with van der Waals surface area (Å²) < 4.78 is 31.5. The van der Waals surface area contributed by atoms with Gasteiger partial charge in [-0.15, -0.1) is 0 Å². The highest BCUT2D eigenvalue weighted by atomic mass is 32.2. The van der Waals surface area contributed by atoms with E-state index in [2.05, 4.69) is 5.32 Å². The molecule has 0 radical (unpaired) electrons. The summed E-state index contributed by atoms with van der Waals surface area (Å²) in [4.78, 5) is 12.5. The number of nitrogens with zero attached hydrogens (tertiary/aromatic N) is 1. The Kier molecular flexibility index (Phi) is 7.45. The van der Waals surface area contributed by atoms with E-state index >= 15 is 0 Å². The molecule has 0 aliphatic heterocycles. The summed E-state index contributed by atoms with van der Waals surface area (Å²) in [5, 5.41) is 2.79. The molecule has 0 spiro atoms. The number of amides is 1. The van der Waals surface area contributed by atoms with Crippen molar-refractivity contribution in [3.05, 3.63) is 59.7 Å². The van der Waals surface area contributed by atoms with Gasteiger partial charge in [0, 0.05) is 12.1 Å². The van der Waals surface area contributed by atoms with Crippen molar-refractivity contribution in [3.63, 3.8) is 0 Å². The molecule has 0 unspecified atom stereocenters.